The molecule has 22 heavy (non-hydrogen) atoms. The van der Waals surface area contributed by atoms with Gasteiger partial charge in [-0.15, -0.1) is 10.2 Å². The van der Waals surface area contributed by atoms with Crippen LogP contribution >= 0.6 is 11.8 Å². The number of unbranched alkanes of at least 4 members (excludes halogenated alkanes) is 1. The summed E-state index contributed by atoms with van der Waals surface area (Å²) in [5.41, 5.74) is 3.30. The van der Waals surface area contributed by atoms with Gasteiger partial charge in [0.05, 0.1) is 5.75 Å². The number of benzene rings is 1. The molecule has 0 spiro atoms. The van der Waals surface area contributed by atoms with Gasteiger partial charge in [-0.2, -0.15) is 0 Å². The number of nitrogens with one attached hydrogen (secondary N) is 1. The highest BCUT2D eigenvalue weighted by Crippen LogP contribution is 2.24. The van der Waals surface area contributed by atoms with Crippen molar-refractivity contribution < 1.29 is 9.21 Å². The van der Waals surface area contributed by atoms with Crippen LogP contribution in [0.1, 0.15) is 30.9 Å². The van der Waals surface area contributed by atoms with Gasteiger partial charge in [0.2, 0.25) is 11.8 Å². The van der Waals surface area contributed by atoms with Crippen molar-refractivity contribution in [2.45, 2.75) is 38.8 Å². The Hall–Kier alpha value is -1.82. The van der Waals surface area contributed by atoms with E-state index in [-0.39, 0.29) is 11.7 Å². The van der Waals surface area contributed by atoms with E-state index in [4.69, 9.17) is 4.42 Å². The van der Waals surface area contributed by atoms with Crippen molar-refractivity contribution in [1.29, 1.82) is 0 Å². The number of hydrogen-bond acceptors (Lipinski definition) is 5. The molecule has 0 fully saturated rings. The number of hydrogen-bond donors (Lipinski definition) is 1. The van der Waals surface area contributed by atoms with Gasteiger partial charge in [-0.05, 0) is 43.5 Å². The van der Waals surface area contributed by atoms with Crippen molar-refractivity contribution in [1.82, 2.24) is 15.5 Å². The van der Waals surface area contributed by atoms with Crippen molar-refractivity contribution in [3.05, 3.63) is 29.3 Å². The minimum absolute atomic E-state index is 0.00983. The molecule has 0 aliphatic heterocycles. The number of aromatic nitrogens is 2. The van der Waals surface area contributed by atoms with Crippen LogP contribution < -0.4 is 5.32 Å². The van der Waals surface area contributed by atoms with Crippen molar-refractivity contribution in [2.24, 2.45) is 0 Å². The quantitative estimate of drug-likeness (QED) is 0.626. The van der Waals surface area contributed by atoms with E-state index in [9.17, 15) is 4.79 Å². The zero-order valence-electron chi connectivity index (χ0n) is 13.2. The number of nitrogens with zero attached hydrogens (tertiary/aromatic N) is 2. The summed E-state index contributed by atoms with van der Waals surface area (Å²) in [5, 5.41) is 11.3. The molecule has 0 saturated carbocycles. The van der Waals surface area contributed by atoms with E-state index in [0.717, 1.165) is 18.4 Å². The molecule has 1 N–H and O–H groups in total. The monoisotopic (exact) mass is 319 g/mol. The molecule has 1 heterocycles. The molecule has 1 amide bonds. The molecule has 5 nitrogen and oxygen atoms in total. The van der Waals surface area contributed by atoms with E-state index in [0.29, 0.717) is 17.7 Å². The highest BCUT2D eigenvalue weighted by molar-refractivity contribution is 7.99. The Morgan fingerprint density at radius 1 is 1.27 bits per heavy atom. The maximum absolute atomic E-state index is 11.6. The lowest BCUT2D eigenvalue weighted by Gasteiger charge is -2.02. The van der Waals surface area contributed by atoms with Gasteiger partial charge in [-0.1, -0.05) is 31.2 Å². The summed E-state index contributed by atoms with van der Waals surface area (Å²) in [6.45, 7) is 6.91. The van der Waals surface area contributed by atoms with Gasteiger partial charge >= 0.3 is 0 Å². The molecule has 118 valence electrons. The Balaban J connectivity index is 1.91. The van der Waals surface area contributed by atoms with Gasteiger partial charge in [0, 0.05) is 12.1 Å². The lowest BCUT2D eigenvalue weighted by atomic mass is 10.1. The smallest absolute Gasteiger partial charge is 0.277 e. The van der Waals surface area contributed by atoms with Crippen molar-refractivity contribution in [3.63, 3.8) is 0 Å². The van der Waals surface area contributed by atoms with Gasteiger partial charge < -0.3 is 9.73 Å². The zero-order valence-corrected chi connectivity index (χ0v) is 14.0. The molecular formula is C16H21N3O2S. The predicted octanol–water partition coefficient (Wildman–Crippen LogP) is 3.36. The summed E-state index contributed by atoms with van der Waals surface area (Å²) < 4.78 is 5.60. The van der Waals surface area contributed by atoms with Crippen LogP contribution in [0.25, 0.3) is 11.5 Å². The van der Waals surface area contributed by atoms with Crippen molar-refractivity contribution >= 4 is 17.7 Å². The highest BCUT2D eigenvalue weighted by atomic mass is 32.2. The van der Waals surface area contributed by atoms with Crippen molar-refractivity contribution in [3.8, 4) is 11.5 Å². The summed E-state index contributed by atoms with van der Waals surface area (Å²) in [6.07, 6.45) is 2.06. The molecule has 2 rings (SSSR count). The van der Waals surface area contributed by atoms with Crippen LogP contribution in [-0.4, -0.2) is 28.4 Å². The number of amides is 1. The molecule has 1 aromatic heterocycles. The van der Waals surface area contributed by atoms with Gasteiger partial charge in [-0.25, -0.2) is 0 Å². The average molecular weight is 319 g/mol. The minimum atomic E-state index is -0.00983. The Morgan fingerprint density at radius 3 is 2.82 bits per heavy atom. The lowest BCUT2D eigenvalue weighted by Crippen LogP contribution is -2.25. The molecule has 0 aliphatic carbocycles. The van der Waals surface area contributed by atoms with Crippen LogP contribution in [0.4, 0.5) is 0 Å². The Kier molecular flexibility index (Phi) is 6.00. The summed E-state index contributed by atoms with van der Waals surface area (Å²) >= 11 is 1.26. The fraction of sp³-hybridized carbons (Fsp3) is 0.438. The highest BCUT2D eigenvalue weighted by Gasteiger charge is 2.11. The fourth-order valence-corrected chi connectivity index (χ4v) is 2.44. The van der Waals surface area contributed by atoms with Gasteiger partial charge in [0.25, 0.3) is 5.22 Å². The SMILES string of the molecule is CCCCNC(=O)CSc1nnc(-c2ccc(C)c(C)c2)o1. The predicted molar refractivity (Wildman–Crippen MR) is 87.8 cm³/mol. The second-order valence-corrected chi connectivity index (χ2v) is 6.09. The maximum Gasteiger partial charge on any atom is 0.277 e. The summed E-state index contributed by atoms with van der Waals surface area (Å²) in [7, 11) is 0. The molecule has 0 unspecified atom stereocenters. The van der Waals surface area contributed by atoms with Gasteiger partial charge in [0.1, 0.15) is 0 Å². The number of thioether (sulfide) groups is 1. The molecule has 2 aromatic rings. The third kappa shape index (κ3) is 4.59. The standard InChI is InChI=1S/C16H21N3O2S/c1-4-5-8-17-14(20)10-22-16-19-18-15(21-16)13-7-6-11(2)12(3)9-13/h6-7,9H,4-5,8,10H2,1-3H3,(H,17,20). The normalized spacial score (nSPS) is 10.7. The van der Waals surface area contributed by atoms with Crippen LogP contribution in [0.15, 0.2) is 27.8 Å². The minimum Gasteiger partial charge on any atom is -0.411 e. The summed E-state index contributed by atoms with van der Waals surface area (Å²) in [4.78, 5) is 11.6. The van der Waals surface area contributed by atoms with Gasteiger partial charge in [0.15, 0.2) is 0 Å². The lowest BCUT2D eigenvalue weighted by molar-refractivity contribution is -0.118. The van der Waals surface area contributed by atoms with E-state index in [1.54, 1.807) is 0 Å². The van der Waals surface area contributed by atoms with E-state index < -0.39 is 0 Å². The molecule has 0 saturated heterocycles. The number of carbonyl (C=O) groups excluding carboxylic acids is 1. The van der Waals surface area contributed by atoms with Crippen LogP contribution in [0.2, 0.25) is 0 Å². The van der Waals surface area contributed by atoms with Crippen LogP contribution in [0, 0.1) is 13.8 Å². The van der Waals surface area contributed by atoms with E-state index >= 15 is 0 Å². The molecular weight excluding hydrogens is 298 g/mol. The maximum atomic E-state index is 11.6. The molecule has 6 heteroatoms. The Bertz CT molecular complexity index is 640. The Morgan fingerprint density at radius 2 is 2.09 bits per heavy atom. The molecule has 0 aliphatic rings. The third-order valence-electron chi connectivity index (χ3n) is 3.34. The first-order valence-corrected chi connectivity index (χ1v) is 8.39. The second-order valence-electron chi connectivity index (χ2n) is 5.16. The van der Waals surface area contributed by atoms with Gasteiger partial charge in [-0.3, -0.25) is 4.79 Å². The average Bonchev–Trinajstić information content (AvgIpc) is 2.97. The van der Waals surface area contributed by atoms with E-state index in [2.05, 4.69) is 29.4 Å². The Labute approximate surface area is 134 Å². The molecule has 1 aromatic carbocycles. The van der Waals surface area contributed by atoms with E-state index in [1.165, 1.54) is 22.9 Å². The fourth-order valence-electron chi connectivity index (χ4n) is 1.84. The van der Waals surface area contributed by atoms with Crippen LogP contribution in [0.5, 0.6) is 0 Å². The van der Waals surface area contributed by atoms with Crippen LogP contribution in [0.3, 0.4) is 0 Å². The number of aryl methyl sites for hydroxylation is 2. The molecule has 0 bridgehead atoms. The summed E-state index contributed by atoms with van der Waals surface area (Å²) in [6, 6.07) is 6.01. The first-order valence-electron chi connectivity index (χ1n) is 7.40. The number of rotatable bonds is 7. The topological polar surface area (TPSA) is 68.0 Å². The number of carbonyl (C=O) groups is 1. The van der Waals surface area contributed by atoms with Crippen molar-refractivity contribution in [2.75, 3.05) is 12.3 Å². The molecule has 0 radical (unpaired) electrons. The van der Waals surface area contributed by atoms with E-state index in [1.807, 2.05) is 25.1 Å². The first-order chi connectivity index (χ1) is 10.6. The van der Waals surface area contributed by atoms with Crippen LogP contribution in [-0.2, 0) is 4.79 Å². The third-order valence-corrected chi connectivity index (χ3v) is 4.16. The second kappa shape index (κ2) is 7.98. The first kappa shape index (κ1) is 16.5. The summed E-state index contributed by atoms with van der Waals surface area (Å²) in [5.74, 6) is 0.763. The molecule has 0 atom stereocenters. The zero-order chi connectivity index (χ0) is 15.9. The largest absolute Gasteiger partial charge is 0.411 e.